The maximum absolute atomic E-state index is 9.98. The number of rotatable bonds is 4. The van der Waals surface area contributed by atoms with E-state index in [1.165, 1.54) is 11.1 Å². The fourth-order valence-corrected chi connectivity index (χ4v) is 2.72. The highest BCUT2D eigenvalue weighted by Gasteiger charge is 2.36. The SMILES string of the molecule is Cl.OC1CN(Cc2ccccc2)C1Cc1ccccc1. The van der Waals surface area contributed by atoms with Crippen LogP contribution in [0.1, 0.15) is 11.1 Å². The summed E-state index contributed by atoms with van der Waals surface area (Å²) >= 11 is 0. The van der Waals surface area contributed by atoms with Gasteiger partial charge in [0.05, 0.1) is 6.10 Å². The maximum Gasteiger partial charge on any atom is 0.0825 e. The van der Waals surface area contributed by atoms with Gasteiger partial charge in [-0.3, -0.25) is 4.90 Å². The third-order valence-corrected chi connectivity index (χ3v) is 3.85. The molecular weight excluding hydrogens is 270 g/mol. The highest BCUT2D eigenvalue weighted by Crippen LogP contribution is 2.24. The minimum atomic E-state index is -0.191. The molecule has 1 heterocycles. The van der Waals surface area contributed by atoms with Crippen molar-refractivity contribution in [3.63, 3.8) is 0 Å². The van der Waals surface area contributed by atoms with Gasteiger partial charge in [0.1, 0.15) is 0 Å². The second-order valence-corrected chi connectivity index (χ2v) is 5.24. The lowest BCUT2D eigenvalue weighted by Crippen LogP contribution is -2.60. The lowest BCUT2D eigenvalue weighted by atomic mass is 9.92. The quantitative estimate of drug-likeness (QED) is 0.935. The topological polar surface area (TPSA) is 23.5 Å². The zero-order valence-corrected chi connectivity index (χ0v) is 12.2. The van der Waals surface area contributed by atoms with Gasteiger partial charge in [0, 0.05) is 19.1 Å². The number of hydrogen-bond acceptors (Lipinski definition) is 2. The molecule has 1 saturated heterocycles. The number of hydrogen-bond donors (Lipinski definition) is 1. The number of aliphatic hydroxyl groups excluding tert-OH is 1. The summed E-state index contributed by atoms with van der Waals surface area (Å²) < 4.78 is 0. The number of likely N-dealkylation sites (tertiary alicyclic amines) is 1. The molecule has 3 rings (SSSR count). The van der Waals surface area contributed by atoms with Crippen molar-refractivity contribution < 1.29 is 5.11 Å². The van der Waals surface area contributed by atoms with Gasteiger partial charge < -0.3 is 5.11 Å². The summed E-state index contributed by atoms with van der Waals surface area (Å²) in [6.45, 7) is 1.71. The standard InChI is InChI=1S/C17H19NO.ClH/c19-17-13-18(12-15-9-5-2-6-10-15)16(17)11-14-7-3-1-4-8-14;/h1-10,16-17,19H,11-13H2;1H. The number of aliphatic hydroxyl groups is 1. The van der Waals surface area contributed by atoms with Crippen molar-refractivity contribution in [2.75, 3.05) is 6.54 Å². The molecule has 2 aromatic carbocycles. The Labute approximate surface area is 126 Å². The summed E-state index contributed by atoms with van der Waals surface area (Å²) in [6.07, 6.45) is 0.735. The van der Waals surface area contributed by atoms with E-state index in [-0.39, 0.29) is 24.6 Å². The molecule has 1 aliphatic rings. The summed E-state index contributed by atoms with van der Waals surface area (Å²) in [7, 11) is 0. The molecule has 106 valence electrons. The molecule has 2 nitrogen and oxygen atoms in total. The van der Waals surface area contributed by atoms with Gasteiger partial charge in [-0.1, -0.05) is 60.7 Å². The summed E-state index contributed by atoms with van der Waals surface area (Å²) in [4.78, 5) is 2.35. The van der Waals surface area contributed by atoms with Gasteiger partial charge in [0.2, 0.25) is 0 Å². The minimum Gasteiger partial charge on any atom is -0.390 e. The van der Waals surface area contributed by atoms with E-state index in [9.17, 15) is 5.11 Å². The summed E-state index contributed by atoms with van der Waals surface area (Å²) in [6, 6.07) is 21.1. The molecule has 0 saturated carbocycles. The van der Waals surface area contributed by atoms with Gasteiger partial charge in [-0.25, -0.2) is 0 Å². The van der Waals surface area contributed by atoms with Crippen LogP contribution < -0.4 is 0 Å². The molecule has 0 bridgehead atoms. The largest absolute Gasteiger partial charge is 0.390 e. The van der Waals surface area contributed by atoms with Crippen molar-refractivity contribution >= 4 is 12.4 Å². The zero-order chi connectivity index (χ0) is 13.1. The highest BCUT2D eigenvalue weighted by atomic mass is 35.5. The maximum atomic E-state index is 9.98. The second kappa shape index (κ2) is 6.89. The van der Waals surface area contributed by atoms with E-state index >= 15 is 0 Å². The van der Waals surface area contributed by atoms with Crippen LogP contribution in [0.3, 0.4) is 0 Å². The summed E-state index contributed by atoms with van der Waals surface area (Å²) in [5, 5.41) is 9.98. The van der Waals surface area contributed by atoms with Crippen LogP contribution in [0.5, 0.6) is 0 Å². The fourth-order valence-electron chi connectivity index (χ4n) is 2.72. The van der Waals surface area contributed by atoms with Gasteiger partial charge >= 0.3 is 0 Å². The van der Waals surface area contributed by atoms with Crippen molar-refractivity contribution in [3.8, 4) is 0 Å². The number of benzene rings is 2. The molecule has 1 N–H and O–H groups in total. The third kappa shape index (κ3) is 3.40. The number of halogens is 1. The van der Waals surface area contributed by atoms with Crippen molar-refractivity contribution in [2.45, 2.75) is 25.1 Å². The molecule has 2 unspecified atom stereocenters. The molecule has 0 amide bonds. The number of nitrogens with zero attached hydrogens (tertiary/aromatic N) is 1. The van der Waals surface area contributed by atoms with Crippen molar-refractivity contribution in [3.05, 3.63) is 71.8 Å². The average Bonchev–Trinajstić information content (AvgIpc) is 2.47. The van der Waals surface area contributed by atoms with Gasteiger partial charge in [0.15, 0.2) is 0 Å². The average molecular weight is 290 g/mol. The van der Waals surface area contributed by atoms with Gasteiger partial charge in [0.25, 0.3) is 0 Å². The third-order valence-electron chi connectivity index (χ3n) is 3.85. The molecule has 0 aromatic heterocycles. The van der Waals surface area contributed by atoms with Crippen LogP contribution in [0.15, 0.2) is 60.7 Å². The first kappa shape index (κ1) is 15.0. The normalized spacial score (nSPS) is 21.9. The molecule has 2 aromatic rings. The minimum absolute atomic E-state index is 0. The van der Waals surface area contributed by atoms with E-state index in [0.717, 1.165) is 19.5 Å². The Kier molecular flexibility index (Phi) is 5.18. The molecule has 20 heavy (non-hydrogen) atoms. The first-order valence-electron chi connectivity index (χ1n) is 6.83. The predicted molar refractivity (Wildman–Crippen MR) is 84.0 cm³/mol. The van der Waals surface area contributed by atoms with Crippen molar-refractivity contribution in [1.82, 2.24) is 4.90 Å². The van der Waals surface area contributed by atoms with E-state index in [4.69, 9.17) is 0 Å². The van der Waals surface area contributed by atoms with E-state index in [1.807, 2.05) is 12.1 Å². The molecule has 0 aliphatic carbocycles. The van der Waals surface area contributed by atoms with Crippen LogP contribution in [0.4, 0.5) is 0 Å². The van der Waals surface area contributed by atoms with Gasteiger partial charge in [-0.05, 0) is 17.5 Å². The van der Waals surface area contributed by atoms with Gasteiger partial charge in [-0.15, -0.1) is 12.4 Å². The Morgan fingerprint density at radius 1 is 0.900 bits per heavy atom. The monoisotopic (exact) mass is 289 g/mol. The molecule has 1 aliphatic heterocycles. The predicted octanol–water partition coefficient (Wildman–Crippen LogP) is 2.90. The highest BCUT2D eigenvalue weighted by molar-refractivity contribution is 5.85. The van der Waals surface area contributed by atoms with Crippen LogP contribution in [0.2, 0.25) is 0 Å². The smallest absolute Gasteiger partial charge is 0.0825 e. The lowest BCUT2D eigenvalue weighted by molar-refractivity contribution is -0.0657. The van der Waals surface area contributed by atoms with Crippen LogP contribution in [-0.2, 0) is 13.0 Å². The Bertz CT molecular complexity index is 517. The van der Waals surface area contributed by atoms with E-state index in [0.29, 0.717) is 0 Å². The van der Waals surface area contributed by atoms with E-state index < -0.39 is 0 Å². The van der Waals surface area contributed by atoms with Crippen molar-refractivity contribution in [2.24, 2.45) is 0 Å². The first-order chi connectivity index (χ1) is 9.33. The van der Waals surface area contributed by atoms with Crippen LogP contribution in [0.25, 0.3) is 0 Å². The number of β-amino-alcohol motifs (C(OH)–C–C–N with tert-alkyl or cyclic N) is 1. The van der Waals surface area contributed by atoms with E-state index in [1.54, 1.807) is 0 Å². The Morgan fingerprint density at radius 2 is 1.45 bits per heavy atom. The molecule has 0 radical (unpaired) electrons. The summed E-state index contributed by atoms with van der Waals surface area (Å²) in [5.74, 6) is 0. The Balaban J connectivity index is 0.00000147. The molecule has 1 fully saturated rings. The van der Waals surface area contributed by atoms with E-state index in [2.05, 4.69) is 53.4 Å². The Hall–Kier alpha value is -1.35. The molecular formula is C17H20ClNO. The molecule has 2 atom stereocenters. The lowest BCUT2D eigenvalue weighted by Gasteiger charge is -2.45. The van der Waals surface area contributed by atoms with Crippen LogP contribution >= 0.6 is 12.4 Å². The first-order valence-corrected chi connectivity index (χ1v) is 6.83. The fraction of sp³-hybridized carbons (Fsp3) is 0.294. The van der Waals surface area contributed by atoms with Gasteiger partial charge in [-0.2, -0.15) is 0 Å². The molecule has 3 heteroatoms. The zero-order valence-electron chi connectivity index (χ0n) is 11.4. The van der Waals surface area contributed by atoms with Crippen molar-refractivity contribution in [1.29, 1.82) is 0 Å². The summed E-state index contributed by atoms with van der Waals surface area (Å²) in [5.41, 5.74) is 2.61. The molecule has 0 spiro atoms. The van der Waals surface area contributed by atoms with Crippen LogP contribution in [0, 0.1) is 0 Å². The Morgan fingerprint density at radius 3 is 2.00 bits per heavy atom. The van der Waals surface area contributed by atoms with Crippen LogP contribution in [-0.4, -0.2) is 28.7 Å². The second-order valence-electron chi connectivity index (χ2n) is 5.24.